The van der Waals surface area contributed by atoms with Gasteiger partial charge in [0, 0.05) is 31.1 Å². The number of rotatable bonds is 40. The minimum absolute atomic E-state index is 0.0323. The van der Waals surface area contributed by atoms with Crippen molar-refractivity contribution in [2.45, 2.75) is 167 Å². The maximum Gasteiger partial charge on any atom is 0.327 e. The molecule has 0 fully saturated rings. The third kappa shape index (κ3) is 36.4. The quantitative estimate of drug-likeness (QED) is 0.0303. The molecular formula is C39H79N4O9PS. The van der Waals surface area contributed by atoms with Crippen molar-refractivity contribution < 1.29 is 42.9 Å². The van der Waals surface area contributed by atoms with Crippen molar-refractivity contribution in [3.05, 3.63) is 0 Å². The van der Waals surface area contributed by atoms with Crippen molar-refractivity contribution in [1.29, 1.82) is 0 Å². The van der Waals surface area contributed by atoms with Gasteiger partial charge < -0.3 is 45.7 Å². The Labute approximate surface area is 332 Å². The molecule has 0 rings (SSSR count). The topological polar surface area (TPSA) is 199 Å². The van der Waals surface area contributed by atoms with E-state index in [9.17, 15) is 18.9 Å². The van der Waals surface area contributed by atoms with Crippen molar-refractivity contribution in [1.82, 2.24) is 16.0 Å². The van der Waals surface area contributed by atoms with Crippen molar-refractivity contribution in [2.24, 2.45) is 5.73 Å². The Morgan fingerprint density at radius 2 is 1.17 bits per heavy atom. The second kappa shape index (κ2) is 37.3. The predicted octanol–water partition coefficient (Wildman–Crippen LogP) is 6.22. The van der Waals surface area contributed by atoms with Gasteiger partial charge in [-0.3, -0.25) is 18.9 Å². The molecule has 0 aliphatic carbocycles. The van der Waals surface area contributed by atoms with Gasteiger partial charge in [-0.1, -0.05) is 123 Å². The van der Waals surface area contributed by atoms with E-state index in [0.29, 0.717) is 31.1 Å². The molecule has 0 bridgehead atoms. The summed E-state index contributed by atoms with van der Waals surface area (Å²) in [6, 6.07) is -1.81. The highest BCUT2D eigenvalue weighted by molar-refractivity contribution is 7.99. The van der Waals surface area contributed by atoms with Gasteiger partial charge in [-0.2, -0.15) is 11.8 Å². The number of carbonyl (C=O) groups is 3. The van der Waals surface area contributed by atoms with E-state index in [1.165, 1.54) is 108 Å². The van der Waals surface area contributed by atoms with Crippen molar-refractivity contribution in [3.63, 3.8) is 0 Å². The standard InChI is InChI=1S/C39H79N4O9PS/c1-4-6-8-10-12-14-16-18-20-22-25-52-31-35(43-37(44)23-21-19-17-15-13-11-9-7-5-2)32-54-33-36(40)39(46)42-34(3)38(45)41-24-26-50-27-28-51-29-30-53(47,48)49/h34-36H,4-33,40H2,1-3H3,(H,41,45)(H,42,46)(H,43,44)(H2,47,48,49)/t34-,35?,36?/m0/s1. The van der Waals surface area contributed by atoms with Crippen molar-refractivity contribution in [2.75, 3.05) is 63.9 Å². The molecule has 0 heterocycles. The number of carbonyl (C=O) groups excluding carboxylic acids is 3. The van der Waals surface area contributed by atoms with Crippen LogP contribution < -0.4 is 21.7 Å². The molecule has 0 aromatic carbocycles. The fourth-order valence-corrected chi connectivity index (χ4v) is 7.02. The van der Waals surface area contributed by atoms with Crippen LogP contribution in [0, 0.1) is 0 Å². The number of thioether (sulfide) groups is 1. The summed E-state index contributed by atoms with van der Waals surface area (Å²) < 4.78 is 27.2. The predicted molar refractivity (Wildman–Crippen MR) is 221 cm³/mol. The molecule has 0 aromatic rings. The minimum Gasteiger partial charge on any atom is -0.379 e. The van der Waals surface area contributed by atoms with Gasteiger partial charge in [-0.15, -0.1) is 0 Å². The SMILES string of the molecule is CCCCCCCCCCCCOCC(CSCC(N)C(=O)N[C@@H](C)C(=O)NCCOCCOCCP(=O)(O)O)NC(=O)CCCCCCCCCCC. The van der Waals surface area contributed by atoms with Gasteiger partial charge in [0.05, 0.1) is 51.3 Å². The lowest BCUT2D eigenvalue weighted by atomic mass is 10.1. The molecule has 0 saturated carbocycles. The highest BCUT2D eigenvalue weighted by Gasteiger charge is 2.21. The summed E-state index contributed by atoms with van der Waals surface area (Å²) in [7, 11) is -4.08. The number of ether oxygens (including phenoxy) is 3. The zero-order valence-electron chi connectivity index (χ0n) is 34.1. The summed E-state index contributed by atoms with van der Waals surface area (Å²) in [6.45, 7) is 7.89. The number of nitrogens with two attached hydrogens (primary N) is 1. The van der Waals surface area contributed by atoms with Crippen molar-refractivity contribution >= 4 is 37.1 Å². The molecule has 0 spiro atoms. The fourth-order valence-electron chi connectivity index (χ4n) is 5.65. The molecule has 0 aliphatic rings. The van der Waals surface area contributed by atoms with Crippen LogP contribution in [0.15, 0.2) is 0 Å². The van der Waals surface area contributed by atoms with Gasteiger partial charge in [0.1, 0.15) is 6.04 Å². The second-order valence-corrected chi connectivity index (χ2v) is 17.2. The number of unbranched alkanes of at least 4 members (excludes halogenated alkanes) is 17. The lowest BCUT2D eigenvalue weighted by Crippen LogP contribution is -2.51. The van der Waals surface area contributed by atoms with Gasteiger partial charge in [0.15, 0.2) is 0 Å². The minimum atomic E-state index is -4.08. The monoisotopic (exact) mass is 811 g/mol. The molecule has 0 aliphatic heterocycles. The van der Waals surface area contributed by atoms with E-state index in [4.69, 9.17) is 29.7 Å². The molecule has 2 unspecified atom stereocenters. The number of nitrogens with one attached hydrogen (secondary N) is 3. The Bertz CT molecular complexity index is 963. The summed E-state index contributed by atoms with van der Waals surface area (Å²) in [6.07, 6.45) is 23.6. The third-order valence-electron chi connectivity index (χ3n) is 8.98. The summed E-state index contributed by atoms with van der Waals surface area (Å²) in [5.74, 6) is 0.113. The molecule has 0 aromatic heterocycles. The van der Waals surface area contributed by atoms with E-state index in [2.05, 4.69) is 29.8 Å². The van der Waals surface area contributed by atoms with E-state index >= 15 is 0 Å². The summed E-state index contributed by atoms with van der Waals surface area (Å²) in [5.41, 5.74) is 6.17. The highest BCUT2D eigenvalue weighted by Crippen LogP contribution is 2.33. The molecule has 54 heavy (non-hydrogen) atoms. The molecular weight excluding hydrogens is 731 g/mol. The first-order chi connectivity index (χ1) is 26.0. The second-order valence-electron chi connectivity index (χ2n) is 14.4. The Balaban J connectivity index is 4.47. The smallest absolute Gasteiger partial charge is 0.327 e. The summed E-state index contributed by atoms with van der Waals surface area (Å²) in [4.78, 5) is 55.6. The first-order valence-corrected chi connectivity index (χ1v) is 23.9. The van der Waals surface area contributed by atoms with Crippen LogP contribution in [0.3, 0.4) is 0 Å². The zero-order valence-corrected chi connectivity index (χ0v) is 35.8. The molecule has 0 radical (unpaired) electrons. The van der Waals surface area contributed by atoms with Gasteiger partial charge in [-0.25, -0.2) is 0 Å². The van der Waals surface area contributed by atoms with Crippen LogP contribution in [0.2, 0.25) is 0 Å². The van der Waals surface area contributed by atoms with Gasteiger partial charge in [0.25, 0.3) is 0 Å². The maximum atomic E-state index is 12.8. The average molecular weight is 811 g/mol. The summed E-state index contributed by atoms with van der Waals surface area (Å²) >= 11 is 1.48. The normalized spacial score (nSPS) is 13.4. The van der Waals surface area contributed by atoms with Crippen LogP contribution >= 0.6 is 19.4 Å². The number of hydrogen-bond acceptors (Lipinski definition) is 9. The molecule has 3 atom stereocenters. The van der Waals surface area contributed by atoms with Crippen LogP contribution in [0.1, 0.15) is 149 Å². The van der Waals surface area contributed by atoms with Crippen molar-refractivity contribution in [3.8, 4) is 0 Å². The van der Waals surface area contributed by atoms with Gasteiger partial charge in [0.2, 0.25) is 17.7 Å². The highest BCUT2D eigenvalue weighted by atomic mass is 32.2. The zero-order chi connectivity index (χ0) is 40.1. The maximum absolute atomic E-state index is 12.8. The van der Waals surface area contributed by atoms with E-state index in [1.54, 1.807) is 6.92 Å². The summed E-state index contributed by atoms with van der Waals surface area (Å²) in [5, 5.41) is 8.50. The largest absolute Gasteiger partial charge is 0.379 e. The number of hydrogen-bond donors (Lipinski definition) is 6. The van der Waals surface area contributed by atoms with Crippen LogP contribution in [0.5, 0.6) is 0 Å². The van der Waals surface area contributed by atoms with Gasteiger partial charge >= 0.3 is 7.60 Å². The van der Waals surface area contributed by atoms with E-state index in [1.807, 2.05) is 0 Å². The van der Waals surface area contributed by atoms with Crippen LogP contribution in [-0.4, -0.2) is 109 Å². The fraction of sp³-hybridized carbons (Fsp3) is 0.923. The average Bonchev–Trinajstić information content (AvgIpc) is 3.13. The van der Waals surface area contributed by atoms with Crippen LogP contribution in [0.25, 0.3) is 0 Å². The third-order valence-corrected chi connectivity index (χ3v) is 11.0. The molecule has 13 nitrogen and oxygen atoms in total. The lowest BCUT2D eigenvalue weighted by molar-refractivity contribution is -0.129. The van der Waals surface area contributed by atoms with Gasteiger partial charge in [-0.05, 0) is 19.8 Å². The Kier molecular flexibility index (Phi) is 36.5. The van der Waals surface area contributed by atoms with E-state index in [-0.39, 0.29) is 57.0 Å². The molecule has 320 valence electrons. The molecule has 3 amide bonds. The molecule has 0 saturated heterocycles. The molecule has 15 heteroatoms. The lowest BCUT2D eigenvalue weighted by Gasteiger charge is -2.20. The molecule has 7 N–H and O–H groups in total. The Morgan fingerprint density at radius 1 is 0.648 bits per heavy atom. The number of amides is 3. The van der Waals surface area contributed by atoms with E-state index in [0.717, 1.165) is 25.7 Å². The first-order valence-electron chi connectivity index (χ1n) is 21.0. The van der Waals surface area contributed by atoms with Crippen LogP contribution in [0.4, 0.5) is 0 Å². The Hall–Kier alpha value is -1.25. The van der Waals surface area contributed by atoms with E-state index < -0.39 is 25.6 Å². The first kappa shape index (κ1) is 52.8. The van der Waals surface area contributed by atoms with Crippen LogP contribution in [-0.2, 0) is 33.2 Å². The Morgan fingerprint density at radius 3 is 1.72 bits per heavy atom.